The van der Waals surface area contributed by atoms with Crippen LogP contribution in [0.5, 0.6) is 0 Å². The van der Waals surface area contributed by atoms with Gasteiger partial charge in [0, 0.05) is 0 Å². The molecule has 0 aliphatic carbocycles. The summed E-state index contributed by atoms with van der Waals surface area (Å²) >= 11 is 0. The van der Waals surface area contributed by atoms with E-state index in [4.69, 9.17) is 5.11 Å². The first-order chi connectivity index (χ1) is 10.9. The van der Waals surface area contributed by atoms with Crippen molar-refractivity contribution >= 4 is 35.9 Å². The summed E-state index contributed by atoms with van der Waals surface area (Å²) in [5.41, 5.74) is -1.35. The average molecular weight is 328 g/mol. The average Bonchev–Trinajstić information content (AvgIpc) is 2.46. The molecule has 1 N–H and O–H groups in total. The summed E-state index contributed by atoms with van der Waals surface area (Å²) in [7, 11) is 0. The summed E-state index contributed by atoms with van der Waals surface area (Å²) in [6.07, 6.45) is 0.432. The maximum Gasteiger partial charge on any atom is 0.516 e. The number of aliphatic carboxylic acids is 1. The smallest absolute Gasteiger partial charge is 0.477 e. The molecule has 23 heavy (non-hydrogen) atoms. The number of hydrogen-bond acceptors (Lipinski definition) is 9. The Bertz CT molecular complexity index is 563. The summed E-state index contributed by atoms with van der Waals surface area (Å²) in [6, 6.07) is 0. The third-order valence-corrected chi connectivity index (χ3v) is 2.13. The first kappa shape index (κ1) is 19.8. The van der Waals surface area contributed by atoms with E-state index in [2.05, 4.69) is 14.2 Å². The van der Waals surface area contributed by atoms with Gasteiger partial charge < -0.3 is 19.3 Å². The topological polar surface area (TPSA) is 150 Å². The highest BCUT2D eigenvalue weighted by Crippen LogP contribution is 2.00. The van der Waals surface area contributed by atoms with E-state index in [-0.39, 0.29) is 13.2 Å². The van der Waals surface area contributed by atoms with Crippen molar-refractivity contribution in [1.29, 1.82) is 0 Å². The molecular weight excluding hydrogens is 316 g/mol. The first-order valence-corrected chi connectivity index (χ1v) is 6.17. The van der Waals surface area contributed by atoms with Crippen LogP contribution in [0.1, 0.15) is 19.3 Å². The van der Waals surface area contributed by atoms with Gasteiger partial charge in [0.05, 0.1) is 13.2 Å². The van der Waals surface area contributed by atoms with Crippen LogP contribution in [0, 0.1) is 0 Å². The zero-order chi connectivity index (χ0) is 17.7. The molecule has 0 aliphatic rings. The van der Waals surface area contributed by atoms with Gasteiger partial charge in [-0.3, -0.25) is 0 Å². The molecule has 0 heterocycles. The molecule has 0 bridgehead atoms. The summed E-state index contributed by atoms with van der Waals surface area (Å²) < 4.78 is 13.0. The predicted octanol–water partition coefficient (Wildman–Crippen LogP) is -0.390. The van der Waals surface area contributed by atoms with Gasteiger partial charge in [-0.2, -0.15) is 0 Å². The second-order valence-electron chi connectivity index (χ2n) is 3.76. The lowest BCUT2D eigenvalue weighted by Gasteiger charge is -2.04. The maximum atomic E-state index is 11.0. The molecule has 0 atom stereocenters. The Balaban J connectivity index is 3.82. The van der Waals surface area contributed by atoms with Gasteiger partial charge in [0.15, 0.2) is 0 Å². The lowest BCUT2D eigenvalue weighted by atomic mass is 10.2. The minimum absolute atomic E-state index is 0.0616. The summed E-state index contributed by atoms with van der Waals surface area (Å²) in [5.74, 6) is -2.26. The van der Waals surface area contributed by atoms with E-state index in [0.717, 1.165) is 5.94 Å². The molecule has 0 unspecified atom stereocenters. The second-order valence-corrected chi connectivity index (χ2v) is 3.76. The summed E-state index contributed by atoms with van der Waals surface area (Å²) in [6.45, 7) is -0.0758. The van der Waals surface area contributed by atoms with Gasteiger partial charge in [-0.05, 0) is 19.3 Å². The highest BCUT2D eigenvalue weighted by molar-refractivity contribution is 6.20. The highest BCUT2D eigenvalue weighted by Gasteiger charge is 2.24. The molecule has 0 spiro atoms. The van der Waals surface area contributed by atoms with Gasteiger partial charge in [-0.25, -0.2) is 28.8 Å². The van der Waals surface area contributed by atoms with Crippen LogP contribution < -0.4 is 0 Å². The molecule has 0 radical (unpaired) electrons. The Morgan fingerprint density at radius 2 is 1.57 bits per heavy atom. The Kier molecular flexibility index (Phi) is 9.84. The number of carbonyl (C=O) groups is 4. The van der Waals surface area contributed by atoms with E-state index in [1.54, 1.807) is 0 Å². The molecule has 0 rings (SSSR count). The van der Waals surface area contributed by atoms with Crippen LogP contribution in [0.3, 0.4) is 0 Å². The molecule has 0 fully saturated rings. The first-order valence-electron chi connectivity index (χ1n) is 6.17. The third-order valence-electron chi connectivity index (χ3n) is 2.13. The zero-order valence-corrected chi connectivity index (χ0v) is 11.7. The van der Waals surface area contributed by atoms with E-state index < -0.39 is 29.6 Å². The van der Waals surface area contributed by atoms with Gasteiger partial charge in [-0.15, -0.1) is 0 Å². The number of rotatable bonds is 9. The number of esters is 2. The minimum atomic E-state index is -1.88. The lowest BCUT2D eigenvalue weighted by Crippen LogP contribution is -2.20. The molecule has 0 aromatic heterocycles. The lowest BCUT2D eigenvalue weighted by molar-refractivity contribution is -0.141. The quantitative estimate of drug-likeness (QED) is 0.148. The van der Waals surface area contributed by atoms with E-state index in [1.165, 1.54) is 5.94 Å². The van der Waals surface area contributed by atoms with Gasteiger partial charge in [0.25, 0.3) is 0 Å². The predicted molar refractivity (Wildman–Crippen MR) is 69.4 cm³/mol. The fraction of sp³-hybridized carbons (Fsp3) is 0.385. The van der Waals surface area contributed by atoms with Crippen molar-refractivity contribution in [3.05, 3.63) is 11.6 Å². The van der Waals surface area contributed by atoms with Gasteiger partial charge in [0.2, 0.25) is 5.57 Å². The van der Waals surface area contributed by atoms with Crippen LogP contribution in [0.25, 0.3) is 0 Å². The largest absolute Gasteiger partial charge is 0.516 e. The molecular formula is C13H12O10. The molecule has 0 aromatic rings. The number of hydrogen-bond donors (Lipinski definition) is 1. The van der Waals surface area contributed by atoms with Gasteiger partial charge in [0.1, 0.15) is 18.0 Å². The molecule has 124 valence electrons. The van der Waals surface area contributed by atoms with Crippen LogP contribution in [0.4, 0.5) is 4.79 Å². The van der Waals surface area contributed by atoms with E-state index in [9.17, 15) is 28.8 Å². The Morgan fingerprint density at radius 1 is 0.957 bits per heavy atom. The zero-order valence-electron chi connectivity index (χ0n) is 11.7. The standard InChI is InChI=1S/C13H12O10/c14-5-4-10(16)21-6-2-1-3-7-22-13(20)23-12(19)9(8-15)11(17)18/h4H,1-3,6-7H2,(H,17,18). The maximum absolute atomic E-state index is 11.0. The SMILES string of the molecule is O=C=CC(=O)OCCCCCOC(=O)OC(=O)C(=C=O)C(=O)O. The monoisotopic (exact) mass is 328 g/mol. The van der Waals surface area contributed by atoms with Crippen LogP contribution in [-0.4, -0.2) is 54.3 Å². The van der Waals surface area contributed by atoms with Crippen LogP contribution in [0.15, 0.2) is 11.6 Å². The van der Waals surface area contributed by atoms with Crippen LogP contribution in [-0.2, 0) is 38.2 Å². The van der Waals surface area contributed by atoms with Gasteiger partial charge >= 0.3 is 24.1 Å². The van der Waals surface area contributed by atoms with E-state index >= 15 is 0 Å². The normalized spacial score (nSPS) is 8.87. The molecule has 0 amide bonds. The van der Waals surface area contributed by atoms with Gasteiger partial charge in [-0.1, -0.05) is 0 Å². The molecule has 10 heteroatoms. The van der Waals surface area contributed by atoms with Crippen molar-refractivity contribution in [1.82, 2.24) is 0 Å². The molecule has 0 saturated heterocycles. The van der Waals surface area contributed by atoms with Crippen molar-refractivity contribution < 1.29 is 48.1 Å². The van der Waals surface area contributed by atoms with Crippen LogP contribution >= 0.6 is 0 Å². The Hall–Kier alpha value is -3.22. The fourth-order valence-corrected chi connectivity index (χ4v) is 1.13. The Morgan fingerprint density at radius 3 is 2.09 bits per heavy atom. The van der Waals surface area contributed by atoms with E-state index in [0.29, 0.717) is 25.3 Å². The number of unbranched alkanes of at least 4 members (excludes halogenated alkanes) is 2. The minimum Gasteiger partial charge on any atom is -0.477 e. The fourth-order valence-electron chi connectivity index (χ4n) is 1.13. The van der Waals surface area contributed by atoms with E-state index in [1.807, 2.05) is 0 Å². The summed E-state index contributed by atoms with van der Waals surface area (Å²) in [5, 5.41) is 8.41. The number of carboxylic acid groups (broad SMARTS) is 1. The number of ether oxygens (including phenoxy) is 3. The molecule has 0 aromatic carbocycles. The molecule has 0 aliphatic heterocycles. The summed E-state index contributed by atoms with van der Waals surface area (Å²) in [4.78, 5) is 63.2. The number of carboxylic acids is 1. The van der Waals surface area contributed by atoms with Crippen molar-refractivity contribution in [2.45, 2.75) is 19.3 Å². The second kappa shape index (κ2) is 11.4. The Labute approximate surface area is 129 Å². The van der Waals surface area contributed by atoms with Crippen molar-refractivity contribution in [2.75, 3.05) is 13.2 Å². The number of carbonyl (C=O) groups excluding carboxylic acids is 5. The molecule has 10 nitrogen and oxygen atoms in total. The van der Waals surface area contributed by atoms with Crippen molar-refractivity contribution in [2.24, 2.45) is 0 Å². The third kappa shape index (κ3) is 9.35. The van der Waals surface area contributed by atoms with Crippen molar-refractivity contribution in [3.8, 4) is 0 Å². The molecule has 0 saturated carbocycles. The van der Waals surface area contributed by atoms with Crippen molar-refractivity contribution in [3.63, 3.8) is 0 Å². The van der Waals surface area contributed by atoms with Crippen LogP contribution in [0.2, 0.25) is 0 Å². The highest BCUT2D eigenvalue weighted by atomic mass is 16.7.